The van der Waals surface area contributed by atoms with E-state index in [4.69, 9.17) is 0 Å². The molecule has 2 aromatic carbocycles. The Labute approximate surface area is 180 Å². The molecular weight excluding hydrogens is 420 g/mol. The molecule has 2 aromatic rings. The van der Waals surface area contributed by atoms with Gasteiger partial charge >= 0.3 is 0 Å². The van der Waals surface area contributed by atoms with Gasteiger partial charge in [-0.2, -0.15) is 8.61 Å². The third-order valence-corrected chi connectivity index (χ3v) is 9.35. The lowest BCUT2D eigenvalue weighted by Gasteiger charge is -2.33. The molecule has 1 aliphatic heterocycles. The molecule has 0 atom stereocenters. The van der Waals surface area contributed by atoms with Crippen LogP contribution in [0.1, 0.15) is 38.8 Å². The summed E-state index contributed by atoms with van der Waals surface area (Å²) in [4.78, 5) is 0.482. The molecule has 6 nitrogen and oxygen atoms in total. The Bertz CT molecular complexity index is 1080. The SMILES string of the molecule is CCc1ccc(S(=O)(=O)N2CCN(S(=O)(=O)c3ccc(C(C)(C)C)cc3)CC2)cc1. The molecular formula is C22H30N2O4S2. The summed E-state index contributed by atoms with van der Waals surface area (Å²) in [6.45, 7) is 8.78. The first-order chi connectivity index (χ1) is 14.0. The van der Waals surface area contributed by atoms with Crippen molar-refractivity contribution < 1.29 is 16.8 Å². The van der Waals surface area contributed by atoms with Crippen LogP contribution in [0.5, 0.6) is 0 Å². The van der Waals surface area contributed by atoms with Gasteiger partial charge in [0.2, 0.25) is 20.0 Å². The summed E-state index contributed by atoms with van der Waals surface area (Å²) >= 11 is 0. The summed E-state index contributed by atoms with van der Waals surface area (Å²) in [5, 5.41) is 0. The fourth-order valence-corrected chi connectivity index (χ4v) is 6.32. The van der Waals surface area contributed by atoms with E-state index in [0.29, 0.717) is 0 Å². The van der Waals surface area contributed by atoms with E-state index < -0.39 is 20.0 Å². The molecule has 1 saturated heterocycles. The van der Waals surface area contributed by atoms with Crippen molar-refractivity contribution in [2.75, 3.05) is 26.2 Å². The van der Waals surface area contributed by atoms with E-state index in [1.54, 1.807) is 24.3 Å². The summed E-state index contributed by atoms with van der Waals surface area (Å²) in [5.41, 5.74) is 2.08. The predicted molar refractivity (Wildman–Crippen MR) is 118 cm³/mol. The quantitative estimate of drug-likeness (QED) is 0.701. The maximum Gasteiger partial charge on any atom is 0.243 e. The number of benzene rings is 2. The zero-order valence-corrected chi connectivity index (χ0v) is 19.6. The summed E-state index contributed by atoms with van der Waals surface area (Å²) in [6, 6.07) is 13.8. The predicted octanol–water partition coefficient (Wildman–Crippen LogP) is 3.24. The minimum Gasteiger partial charge on any atom is -0.207 e. The minimum atomic E-state index is -3.66. The summed E-state index contributed by atoms with van der Waals surface area (Å²) in [5.74, 6) is 0. The highest BCUT2D eigenvalue weighted by Gasteiger charge is 2.33. The molecule has 164 valence electrons. The molecule has 0 radical (unpaired) electrons. The second-order valence-corrected chi connectivity index (χ2v) is 12.5. The van der Waals surface area contributed by atoms with Gasteiger partial charge in [0.05, 0.1) is 9.79 Å². The van der Waals surface area contributed by atoms with Crippen LogP contribution in [0.4, 0.5) is 0 Å². The molecule has 1 aliphatic rings. The van der Waals surface area contributed by atoms with E-state index in [0.717, 1.165) is 17.5 Å². The summed E-state index contributed by atoms with van der Waals surface area (Å²) in [7, 11) is -7.29. The molecule has 1 heterocycles. The molecule has 0 unspecified atom stereocenters. The van der Waals surface area contributed by atoms with E-state index in [1.165, 1.54) is 8.61 Å². The van der Waals surface area contributed by atoms with E-state index in [1.807, 2.05) is 31.2 Å². The van der Waals surface area contributed by atoms with E-state index in [9.17, 15) is 16.8 Å². The van der Waals surface area contributed by atoms with Crippen LogP contribution in [0, 0.1) is 0 Å². The maximum atomic E-state index is 13.0. The third kappa shape index (κ3) is 4.61. The monoisotopic (exact) mass is 450 g/mol. The molecule has 0 saturated carbocycles. The zero-order chi connectivity index (χ0) is 22.2. The van der Waals surface area contributed by atoms with Crippen LogP contribution in [0.15, 0.2) is 58.3 Å². The van der Waals surface area contributed by atoms with E-state index in [2.05, 4.69) is 20.8 Å². The van der Waals surface area contributed by atoms with Crippen molar-refractivity contribution in [3.05, 3.63) is 59.7 Å². The van der Waals surface area contributed by atoms with Crippen molar-refractivity contribution in [3.63, 3.8) is 0 Å². The van der Waals surface area contributed by atoms with Crippen molar-refractivity contribution in [2.24, 2.45) is 0 Å². The molecule has 3 rings (SSSR count). The van der Waals surface area contributed by atoms with Crippen LogP contribution in [0.2, 0.25) is 0 Å². The Morgan fingerprint density at radius 2 is 1.07 bits per heavy atom. The number of rotatable bonds is 5. The number of piperazine rings is 1. The van der Waals surface area contributed by atoms with Crippen molar-refractivity contribution in [1.29, 1.82) is 0 Å². The molecule has 0 amide bonds. The van der Waals surface area contributed by atoms with Gasteiger partial charge in [0.1, 0.15) is 0 Å². The highest BCUT2D eigenvalue weighted by Crippen LogP contribution is 2.26. The fourth-order valence-electron chi connectivity index (χ4n) is 3.47. The van der Waals surface area contributed by atoms with Gasteiger partial charge in [-0.3, -0.25) is 0 Å². The number of aryl methyl sites for hydroxylation is 1. The van der Waals surface area contributed by atoms with Crippen LogP contribution < -0.4 is 0 Å². The van der Waals surface area contributed by atoms with Gasteiger partial charge < -0.3 is 0 Å². The molecule has 0 aliphatic carbocycles. The normalized spacial score (nSPS) is 17.2. The lowest BCUT2D eigenvalue weighted by molar-refractivity contribution is 0.273. The van der Waals surface area contributed by atoms with Gasteiger partial charge in [-0.15, -0.1) is 0 Å². The second kappa shape index (κ2) is 8.42. The van der Waals surface area contributed by atoms with Crippen LogP contribution in [-0.2, 0) is 31.9 Å². The number of hydrogen-bond donors (Lipinski definition) is 0. The first-order valence-electron chi connectivity index (χ1n) is 10.2. The lowest BCUT2D eigenvalue weighted by Crippen LogP contribution is -2.50. The topological polar surface area (TPSA) is 74.8 Å². The van der Waals surface area contributed by atoms with Crippen LogP contribution in [-0.4, -0.2) is 51.6 Å². The molecule has 30 heavy (non-hydrogen) atoms. The smallest absolute Gasteiger partial charge is 0.207 e. The number of nitrogens with zero attached hydrogens (tertiary/aromatic N) is 2. The molecule has 8 heteroatoms. The van der Waals surface area contributed by atoms with Gasteiger partial charge in [-0.05, 0) is 47.2 Å². The third-order valence-electron chi connectivity index (χ3n) is 5.53. The van der Waals surface area contributed by atoms with Gasteiger partial charge in [0, 0.05) is 26.2 Å². The Morgan fingerprint density at radius 1 is 0.700 bits per heavy atom. The Balaban J connectivity index is 1.72. The highest BCUT2D eigenvalue weighted by atomic mass is 32.2. The minimum absolute atomic E-state index is 0.0579. The summed E-state index contributed by atoms with van der Waals surface area (Å²) < 4.78 is 54.5. The fraction of sp³-hybridized carbons (Fsp3) is 0.455. The lowest BCUT2D eigenvalue weighted by atomic mass is 9.87. The van der Waals surface area contributed by atoms with Crippen molar-refractivity contribution in [2.45, 2.75) is 49.3 Å². The molecule has 0 spiro atoms. The Kier molecular flexibility index (Phi) is 6.43. The van der Waals surface area contributed by atoms with Crippen molar-refractivity contribution in [1.82, 2.24) is 8.61 Å². The van der Waals surface area contributed by atoms with Gasteiger partial charge in [-0.25, -0.2) is 16.8 Å². The molecule has 1 fully saturated rings. The molecule has 0 bridgehead atoms. The van der Waals surface area contributed by atoms with Crippen LogP contribution >= 0.6 is 0 Å². The van der Waals surface area contributed by atoms with Gasteiger partial charge in [0.15, 0.2) is 0 Å². The largest absolute Gasteiger partial charge is 0.243 e. The first-order valence-corrected chi connectivity index (χ1v) is 13.0. The average molecular weight is 451 g/mol. The number of hydrogen-bond acceptors (Lipinski definition) is 4. The first kappa shape index (κ1) is 22.9. The molecule has 0 aromatic heterocycles. The van der Waals surface area contributed by atoms with Gasteiger partial charge in [-0.1, -0.05) is 52.0 Å². The zero-order valence-electron chi connectivity index (χ0n) is 18.0. The van der Waals surface area contributed by atoms with Crippen LogP contribution in [0.3, 0.4) is 0 Å². The Morgan fingerprint density at radius 3 is 1.40 bits per heavy atom. The number of sulfonamides is 2. The average Bonchev–Trinajstić information content (AvgIpc) is 2.73. The van der Waals surface area contributed by atoms with E-state index >= 15 is 0 Å². The molecule has 0 N–H and O–H groups in total. The van der Waals surface area contributed by atoms with Crippen molar-refractivity contribution >= 4 is 20.0 Å². The Hall–Kier alpha value is -1.74. The maximum absolute atomic E-state index is 13.0. The van der Waals surface area contributed by atoms with Gasteiger partial charge in [0.25, 0.3) is 0 Å². The van der Waals surface area contributed by atoms with E-state index in [-0.39, 0.29) is 41.4 Å². The standard InChI is InChI=1S/C22H30N2O4S2/c1-5-18-6-10-20(11-7-18)29(25,26)23-14-16-24(17-15-23)30(27,28)21-12-8-19(9-13-21)22(2,3)4/h6-13H,5,14-17H2,1-4H3. The van der Waals surface area contributed by atoms with Crippen molar-refractivity contribution in [3.8, 4) is 0 Å². The second-order valence-electron chi connectivity index (χ2n) is 8.58. The van der Waals surface area contributed by atoms with Crippen LogP contribution in [0.25, 0.3) is 0 Å². The summed E-state index contributed by atoms with van der Waals surface area (Å²) in [6.07, 6.45) is 0.841. The highest BCUT2D eigenvalue weighted by molar-refractivity contribution is 7.89.